The minimum absolute atomic E-state index is 0.258. The van der Waals surface area contributed by atoms with E-state index in [9.17, 15) is 4.79 Å². The Hall–Kier alpha value is -1.66. The van der Waals surface area contributed by atoms with Gasteiger partial charge in [-0.05, 0) is 26.0 Å². The normalized spacial score (nSPS) is 10.8. The van der Waals surface area contributed by atoms with Crippen LogP contribution in [0, 0.1) is 0 Å². The first-order chi connectivity index (χ1) is 9.06. The van der Waals surface area contributed by atoms with E-state index >= 15 is 0 Å². The zero-order valence-electron chi connectivity index (χ0n) is 11.8. The number of nitrogens with one attached hydrogen (secondary N) is 2. The first-order valence-corrected chi connectivity index (χ1v) is 6.14. The summed E-state index contributed by atoms with van der Waals surface area (Å²) < 4.78 is 9.98. The van der Waals surface area contributed by atoms with Crippen molar-refractivity contribution < 1.29 is 14.3 Å². The SMILES string of the molecule is COC(CNC(=O)c1cccc(NC(C)C)n1)OC. The van der Waals surface area contributed by atoms with Crippen LogP contribution in [0.5, 0.6) is 0 Å². The summed E-state index contributed by atoms with van der Waals surface area (Å²) in [5.74, 6) is 0.421. The molecule has 1 aromatic heterocycles. The van der Waals surface area contributed by atoms with E-state index in [-0.39, 0.29) is 18.5 Å². The fraction of sp³-hybridized carbons (Fsp3) is 0.538. The molecule has 6 heteroatoms. The highest BCUT2D eigenvalue weighted by Crippen LogP contribution is 2.06. The first kappa shape index (κ1) is 15.4. The number of rotatable bonds is 7. The lowest BCUT2D eigenvalue weighted by atomic mass is 10.3. The number of aromatic nitrogens is 1. The highest BCUT2D eigenvalue weighted by atomic mass is 16.7. The summed E-state index contributed by atoms with van der Waals surface area (Å²) in [5, 5.41) is 5.85. The van der Waals surface area contributed by atoms with Crippen LogP contribution in [0.1, 0.15) is 24.3 Å². The molecular weight excluding hydrogens is 246 g/mol. The minimum atomic E-state index is -0.457. The molecule has 0 aromatic carbocycles. The average Bonchev–Trinajstić information content (AvgIpc) is 2.39. The minimum Gasteiger partial charge on any atom is -0.368 e. The monoisotopic (exact) mass is 267 g/mol. The number of ether oxygens (including phenoxy) is 2. The largest absolute Gasteiger partial charge is 0.368 e. The molecule has 1 aromatic rings. The third-order valence-corrected chi connectivity index (χ3v) is 2.37. The van der Waals surface area contributed by atoms with Crippen LogP contribution in [0.25, 0.3) is 0 Å². The molecule has 0 atom stereocenters. The van der Waals surface area contributed by atoms with Crippen LogP contribution >= 0.6 is 0 Å². The number of carbonyl (C=O) groups is 1. The molecule has 0 fully saturated rings. The molecule has 0 aliphatic heterocycles. The Morgan fingerprint density at radius 3 is 2.58 bits per heavy atom. The molecule has 106 valence electrons. The lowest BCUT2D eigenvalue weighted by Crippen LogP contribution is -2.34. The summed E-state index contributed by atoms with van der Waals surface area (Å²) in [6.07, 6.45) is -0.457. The van der Waals surface area contributed by atoms with E-state index in [1.165, 1.54) is 14.2 Å². The van der Waals surface area contributed by atoms with Crippen molar-refractivity contribution in [1.82, 2.24) is 10.3 Å². The molecule has 0 spiro atoms. The summed E-state index contributed by atoms with van der Waals surface area (Å²) in [7, 11) is 3.04. The van der Waals surface area contributed by atoms with Crippen LogP contribution < -0.4 is 10.6 Å². The average molecular weight is 267 g/mol. The molecule has 1 amide bonds. The number of carbonyl (C=O) groups excluding carboxylic acids is 1. The number of hydrogen-bond acceptors (Lipinski definition) is 5. The van der Waals surface area contributed by atoms with Gasteiger partial charge in [0, 0.05) is 20.3 Å². The van der Waals surface area contributed by atoms with Gasteiger partial charge in [-0.2, -0.15) is 0 Å². The Labute approximate surface area is 113 Å². The lowest BCUT2D eigenvalue weighted by Gasteiger charge is -2.14. The van der Waals surface area contributed by atoms with E-state index in [0.29, 0.717) is 11.5 Å². The van der Waals surface area contributed by atoms with Crippen molar-refractivity contribution in [2.45, 2.75) is 26.2 Å². The van der Waals surface area contributed by atoms with Gasteiger partial charge in [0.1, 0.15) is 11.5 Å². The van der Waals surface area contributed by atoms with Gasteiger partial charge in [-0.1, -0.05) is 6.07 Å². The predicted octanol–water partition coefficient (Wildman–Crippen LogP) is 1.25. The van der Waals surface area contributed by atoms with Gasteiger partial charge in [0.2, 0.25) is 0 Å². The molecule has 1 heterocycles. The van der Waals surface area contributed by atoms with Crippen LogP contribution in [0.4, 0.5) is 5.82 Å². The van der Waals surface area contributed by atoms with Crippen molar-refractivity contribution in [3.63, 3.8) is 0 Å². The smallest absolute Gasteiger partial charge is 0.270 e. The molecule has 6 nitrogen and oxygen atoms in total. The summed E-state index contributed by atoms with van der Waals surface area (Å²) in [5.41, 5.74) is 0.358. The molecule has 0 aliphatic rings. The van der Waals surface area contributed by atoms with Gasteiger partial charge < -0.3 is 20.1 Å². The van der Waals surface area contributed by atoms with Crippen molar-refractivity contribution >= 4 is 11.7 Å². The number of amides is 1. The summed E-state index contributed by atoms with van der Waals surface area (Å²) in [6.45, 7) is 4.29. The fourth-order valence-corrected chi connectivity index (χ4v) is 1.47. The maximum absolute atomic E-state index is 11.9. The number of nitrogens with zero attached hydrogens (tertiary/aromatic N) is 1. The van der Waals surface area contributed by atoms with Crippen molar-refractivity contribution in [1.29, 1.82) is 0 Å². The third kappa shape index (κ3) is 5.23. The number of methoxy groups -OCH3 is 2. The van der Waals surface area contributed by atoms with Crippen molar-refractivity contribution in [2.24, 2.45) is 0 Å². The van der Waals surface area contributed by atoms with E-state index in [1.54, 1.807) is 12.1 Å². The number of hydrogen-bond donors (Lipinski definition) is 2. The second-order valence-electron chi connectivity index (χ2n) is 4.32. The van der Waals surface area contributed by atoms with E-state index in [4.69, 9.17) is 9.47 Å². The topological polar surface area (TPSA) is 72.5 Å². The second kappa shape index (κ2) is 7.70. The summed E-state index contributed by atoms with van der Waals surface area (Å²) in [4.78, 5) is 16.1. The molecule has 2 N–H and O–H groups in total. The van der Waals surface area contributed by atoms with E-state index in [2.05, 4.69) is 15.6 Å². The molecule has 0 radical (unpaired) electrons. The van der Waals surface area contributed by atoms with Gasteiger partial charge >= 0.3 is 0 Å². The number of pyridine rings is 1. The third-order valence-electron chi connectivity index (χ3n) is 2.37. The van der Waals surface area contributed by atoms with Crippen LogP contribution in [0.2, 0.25) is 0 Å². The van der Waals surface area contributed by atoms with Crippen LogP contribution in [0.3, 0.4) is 0 Å². The summed E-state index contributed by atoms with van der Waals surface area (Å²) >= 11 is 0. The maximum atomic E-state index is 11.9. The highest BCUT2D eigenvalue weighted by molar-refractivity contribution is 5.92. The van der Waals surface area contributed by atoms with Crippen molar-refractivity contribution in [2.75, 3.05) is 26.1 Å². The molecule has 1 rings (SSSR count). The Morgan fingerprint density at radius 2 is 2.00 bits per heavy atom. The Morgan fingerprint density at radius 1 is 1.32 bits per heavy atom. The first-order valence-electron chi connectivity index (χ1n) is 6.14. The lowest BCUT2D eigenvalue weighted by molar-refractivity contribution is -0.0974. The van der Waals surface area contributed by atoms with Crippen LogP contribution in [-0.2, 0) is 9.47 Å². The van der Waals surface area contributed by atoms with Gasteiger partial charge in [-0.25, -0.2) is 4.98 Å². The molecular formula is C13H21N3O3. The van der Waals surface area contributed by atoms with Crippen molar-refractivity contribution in [3.05, 3.63) is 23.9 Å². The van der Waals surface area contributed by atoms with Crippen LogP contribution in [0.15, 0.2) is 18.2 Å². The van der Waals surface area contributed by atoms with Gasteiger partial charge in [0.05, 0.1) is 6.54 Å². The summed E-state index contributed by atoms with van der Waals surface area (Å²) in [6, 6.07) is 5.54. The van der Waals surface area contributed by atoms with E-state index < -0.39 is 6.29 Å². The van der Waals surface area contributed by atoms with Gasteiger partial charge in [0.15, 0.2) is 6.29 Å². The second-order valence-corrected chi connectivity index (χ2v) is 4.32. The maximum Gasteiger partial charge on any atom is 0.270 e. The van der Waals surface area contributed by atoms with Gasteiger partial charge in [-0.15, -0.1) is 0 Å². The molecule has 0 aliphatic carbocycles. The Kier molecular flexibility index (Phi) is 6.24. The zero-order chi connectivity index (χ0) is 14.3. The quantitative estimate of drug-likeness (QED) is 0.727. The molecule has 0 saturated heterocycles. The molecule has 0 unspecified atom stereocenters. The van der Waals surface area contributed by atoms with Gasteiger partial charge in [-0.3, -0.25) is 4.79 Å². The zero-order valence-corrected chi connectivity index (χ0v) is 11.8. The molecule has 19 heavy (non-hydrogen) atoms. The predicted molar refractivity (Wildman–Crippen MR) is 73.1 cm³/mol. The fourth-order valence-electron chi connectivity index (χ4n) is 1.47. The van der Waals surface area contributed by atoms with Crippen molar-refractivity contribution in [3.8, 4) is 0 Å². The molecule has 0 bridgehead atoms. The Balaban J connectivity index is 2.61. The molecule has 0 saturated carbocycles. The van der Waals surface area contributed by atoms with Crippen LogP contribution in [-0.4, -0.2) is 44.0 Å². The number of anilines is 1. The van der Waals surface area contributed by atoms with E-state index in [0.717, 1.165) is 0 Å². The standard InChI is InChI=1S/C13H21N3O3/c1-9(2)15-11-7-5-6-10(16-11)13(17)14-8-12(18-3)19-4/h5-7,9,12H,8H2,1-4H3,(H,14,17)(H,15,16). The Bertz CT molecular complexity index is 406. The van der Waals surface area contributed by atoms with E-state index in [1.807, 2.05) is 19.9 Å². The highest BCUT2D eigenvalue weighted by Gasteiger charge is 2.11. The van der Waals surface area contributed by atoms with Gasteiger partial charge in [0.25, 0.3) is 5.91 Å².